The minimum atomic E-state index is 0.808. The summed E-state index contributed by atoms with van der Waals surface area (Å²) in [6.07, 6.45) is 9.36. The predicted molar refractivity (Wildman–Crippen MR) is 392 cm³/mol. The molecule has 0 unspecified atom stereocenters. The molecule has 0 spiro atoms. The van der Waals surface area contributed by atoms with Crippen LogP contribution in [0.25, 0.3) is 177 Å². The molecule has 0 saturated heterocycles. The molecule has 0 atom stereocenters. The summed E-state index contributed by atoms with van der Waals surface area (Å²) in [5.74, 6) is 0. The molecule has 96 heavy (non-hydrogen) atoms. The Labute approximate surface area is 551 Å². The smallest absolute Gasteiger partial charge is 0.145 e. The van der Waals surface area contributed by atoms with Crippen molar-refractivity contribution in [2.24, 2.45) is 0 Å². The van der Waals surface area contributed by atoms with Crippen LogP contribution in [0, 0.1) is 0 Å². The summed E-state index contributed by atoms with van der Waals surface area (Å²) >= 11 is 0. The molecule has 0 amide bonds. The van der Waals surface area contributed by atoms with Crippen LogP contribution in [0.4, 0.5) is 0 Å². The number of hydrogen-bond acceptors (Lipinski definition) is 8. The van der Waals surface area contributed by atoms with E-state index < -0.39 is 0 Å². The third kappa shape index (κ3) is 9.92. The quantitative estimate of drug-likeness (QED) is 0.131. The number of hydrogen-bond donors (Lipinski definition) is 0. The van der Waals surface area contributed by atoms with Crippen molar-refractivity contribution >= 4 is 87.1 Å². The molecule has 0 aliphatic rings. The van der Waals surface area contributed by atoms with Crippen LogP contribution in [-0.4, -0.2) is 49.0 Å². The van der Waals surface area contributed by atoms with Gasteiger partial charge in [-0.1, -0.05) is 170 Å². The summed E-state index contributed by atoms with van der Waals surface area (Å²) in [6.45, 7) is 0. The van der Waals surface area contributed by atoms with E-state index in [0.717, 1.165) is 140 Å². The molecule has 19 aromatic rings. The van der Waals surface area contributed by atoms with Crippen LogP contribution in [0.1, 0.15) is 0 Å². The van der Waals surface area contributed by atoms with Crippen molar-refractivity contribution in [1.29, 1.82) is 0 Å². The second-order valence-electron chi connectivity index (χ2n) is 23.9. The second kappa shape index (κ2) is 23.5. The van der Waals surface area contributed by atoms with Crippen LogP contribution in [-0.2, 0) is 0 Å². The van der Waals surface area contributed by atoms with Crippen LogP contribution in [0.5, 0.6) is 0 Å². The van der Waals surface area contributed by atoms with E-state index in [2.05, 4.69) is 268 Å². The number of rotatable bonds is 9. The zero-order valence-corrected chi connectivity index (χ0v) is 51.6. The molecule has 0 N–H and O–H groups in total. The topological polar surface area (TPSA) is 113 Å². The SMILES string of the molecule is c1cc(-c2ccc(-n3c4ccccc4c4cccnc43)cc2)nc(-c2cccc(-c3cnc4c(ccc5cccnc54)c3)n2)c1.c1ccc(-c2cc(-c3cccc(-c4cccc(-c5cc6ccccc6c6ccccc56)n4)n3)cc(-n3c4ccccc4c4ccncc43)c2)cc1. The molecule has 0 radical (unpaired) electrons. The van der Waals surface area contributed by atoms with Gasteiger partial charge in [-0.3, -0.25) is 19.5 Å². The van der Waals surface area contributed by atoms with Crippen LogP contribution in [0.3, 0.4) is 0 Å². The maximum absolute atomic E-state index is 5.26. The summed E-state index contributed by atoms with van der Waals surface area (Å²) in [4.78, 5) is 39.1. The second-order valence-corrected chi connectivity index (χ2v) is 23.9. The van der Waals surface area contributed by atoms with Gasteiger partial charge in [0.05, 0.1) is 79.3 Å². The van der Waals surface area contributed by atoms with Crippen molar-refractivity contribution in [3.05, 3.63) is 328 Å². The zero-order valence-electron chi connectivity index (χ0n) is 51.6. The van der Waals surface area contributed by atoms with Gasteiger partial charge in [0.1, 0.15) is 5.65 Å². The molecule has 10 nitrogen and oxygen atoms in total. The highest BCUT2D eigenvalue weighted by Crippen LogP contribution is 2.39. The number of benzene rings is 9. The van der Waals surface area contributed by atoms with E-state index >= 15 is 0 Å². The summed E-state index contributed by atoms with van der Waals surface area (Å²) in [5.41, 5.74) is 21.4. The fourth-order valence-electron chi connectivity index (χ4n) is 13.7. The van der Waals surface area contributed by atoms with Gasteiger partial charge in [0.25, 0.3) is 0 Å². The first-order chi connectivity index (χ1) is 47.6. The minimum absolute atomic E-state index is 0.808. The number of para-hydroxylation sites is 2. The maximum atomic E-state index is 5.26. The first-order valence-electron chi connectivity index (χ1n) is 32.0. The first-order valence-corrected chi connectivity index (χ1v) is 32.0. The van der Waals surface area contributed by atoms with Crippen LogP contribution in [0.15, 0.2) is 328 Å². The lowest BCUT2D eigenvalue weighted by atomic mass is 9.95. The van der Waals surface area contributed by atoms with Gasteiger partial charge in [-0.2, -0.15) is 0 Å². The lowest BCUT2D eigenvalue weighted by Crippen LogP contribution is -1.97. The average molecular weight is 1230 g/mol. The highest BCUT2D eigenvalue weighted by molar-refractivity contribution is 6.14. The van der Waals surface area contributed by atoms with Crippen LogP contribution < -0.4 is 0 Å². The van der Waals surface area contributed by atoms with Crippen molar-refractivity contribution < 1.29 is 0 Å². The van der Waals surface area contributed by atoms with E-state index in [9.17, 15) is 0 Å². The summed E-state index contributed by atoms with van der Waals surface area (Å²) in [5, 5.41) is 11.7. The van der Waals surface area contributed by atoms with Gasteiger partial charge < -0.3 is 4.57 Å². The molecular weight excluding hydrogens is 1170 g/mol. The number of nitrogens with zero attached hydrogens (tertiary/aromatic N) is 10. The highest BCUT2D eigenvalue weighted by atomic mass is 15.0. The molecule has 0 saturated carbocycles. The molecule has 0 aliphatic heterocycles. The molecule has 0 aliphatic carbocycles. The van der Waals surface area contributed by atoms with Gasteiger partial charge in [0.15, 0.2) is 0 Å². The van der Waals surface area contributed by atoms with Gasteiger partial charge in [-0.05, 0) is 160 Å². The van der Waals surface area contributed by atoms with Crippen molar-refractivity contribution in [1.82, 2.24) is 49.0 Å². The molecular formula is C86H54N10. The van der Waals surface area contributed by atoms with Gasteiger partial charge >= 0.3 is 0 Å². The Kier molecular flexibility index (Phi) is 13.6. The Hall–Kier alpha value is -13.2. The van der Waals surface area contributed by atoms with Crippen molar-refractivity contribution in [2.75, 3.05) is 0 Å². The molecule has 0 fully saturated rings. The summed E-state index contributed by atoms with van der Waals surface area (Å²) < 4.78 is 4.53. The Balaban J connectivity index is 0.000000141. The van der Waals surface area contributed by atoms with E-state index in [4.69, 9.17) is 29.9 Å². The lowest BCUT2D eigenvalue weighted by molar-refractivity contribution is 1.13. The fraction of sp³-hybridized carbons (Fsp3) is 0. The van der Waals surface area contributed by atoms with Gasteiger partial charge in [0, 0.05) is 90.7 Å². The van der Waals surface area contributed by atoms with Crippen molar-refractivity contribution in [2.45, 2.75) is 0 Å². The highest BCUT2D eigenvalue weighted by Gasteiger charge is 2.19. The Morgan fingerprint density at radius 2 is 0.760 bits per heavy atom. The molecule has 9 aromatic carbocycles. The van der Waals surface area contributed by atoms with Gasteiger partial charge in [-0.15, -0.1) is 0 Å². The molecule has 10 heteroatoms. The molecule has 10 aromatic heterocycles. The van der Waals surface area contributed by atoms with E-state index in [1.807, 2.05) is 73.3 Å². The molecule has 448 valence electrons. The molecule has 19 rings (SSSR count). The average Bonchev–Trinajstić information content (AvgIpc) is 1.51. The van der Waals surface area contributed by atoms with Crippen molar-refractivity contribution in [3.8, 4) is 90.3 Å². The molecule has 10 heterocycles. The largest absolute Gasteiger partial charge is 0.308 e. The van der Waals surface area contributed by atoms with Gasteiger partial charge in [0.2, 0.25) is 0 Å². The standard InChI is InChI=1S/C47H30N4.C39H24N6/c1-2-12-31(13-3-1)33-26-34(28-35(27-33)51-46-23-9-8-18-39(46)40-24-25-48-30-47(40)51)42-19-10-21-44(49-42)45-22-11-20-43(50-45)41-29-32-14-4-5-15-36(32)37-16-6-7-17-38(37)41;1-2-14-36-30(8-1)31-9-6-22-41-39(31)45(36)29-19-17-25(18-20-29)32-10-3-12-34(43-32)35-13-4-11-33(44-35)28-23-27-16-15-26-7-5-21-40-37(26)38(27)42-24-28/h1-30H;1-24H. The first kappa shape index (κ1) is 55.6. The summed E-state index contributed by atoms with van der Waals surface area (Å²) in [6, 6.07) is 103. The number of fused-ring (bicyclic) bond motifs is 12. The third-order valence-corrected chi connectivity index (χ3v) is 18.2. The predicted octanol–water partition coefficient (Wildman–Crippen LogP) is 21.0. The fourth-order valence-corrected chi connectivity index (χ4v) is 13.7. The van der Waals surface area contributed by atoms with E-state index in [1.54, 1.807) is 6.20 Å². The van der Waals surface area contributed by atoms with Gasteiger partial charge in [-0.25, -0.2) is 24.9 Å². The monoisotopic (exact) mass is 1230 g/mol. The van der Waals surface area contributed by atoms with E-state index in [1.165, 1.54) is 37.7 Å². The van der Waals surface area contributed by atoms with E-state index in [0.29, 0.717) is 0 Å². The summed E-state index contributed by atoms with van der Waals surface area (Å²) in [7, 11) is 0. The number of aromatic nitrogens is 10. The zero-order chi connectivity index (χ0) is 63.5. The normalized spacial score (nSPS) is 11.5. The van der Waals surface area contributed by atoms with Crippen molar-refractivity contribution in [3.63, 3.8) is 0 Å². The minimum Gasteiger partial charge on any atom is -0.308 e. The van der Waals surface area contributed by atoms with Crippen LogP contribution in [0.2, 0.25) is 0 Å². The Morgan fingerprint density at radius 1 is 0.229 bits per heavy atom. The Bertz CT molecular complexity index is 6130. The van der Waals surface area contributed by atoms with Crippen LogP contribution >= 0.6 is 0 Å². The van der Waals surface area contributed by atoms with E-state index in [-0.39, 0.29) is 0 Å². The molecule has 0 bridgehead atoms. The Morgan fingerprint density at radius 3 is 1.51 bits per heavy atom. The third-order valence-electron chi connectivity index (χ3n) is 18.2. The maximum Gasteiger partial charge on any atom is 0.145 e. The lowest BCUT2D eigenvalue weighted by Gasteiger charge is -2.14. The number of pyridine rings is 8.